The summed E-state index contributed by atoms with van der Waals surface area (Å²) in [5.74, 6) is 1.81. The van der Waals surface area contributed by atoms with Crippen molar-refractivity contribution in [2.75, 3.05) is 4.90 Å². The molecule has 0 amide bonds. The lowest BCUT2D eigenvalue weighted by molar-refractivity contribution is 0.487. The average molecular weight is 538 g/mol. The maximum absolute atomic E-state index is 6.36. The van der Waals surface area contributed by atoms with E-state index < -0.39 is 0 Å². The monoisotopic (exact) mass is 537 g/mol. The molecule has 0 unspecified atom stereocenters. The molecule has 0 saturated carbocycles. The van der Waals surface area contributed by atoms with Crippen LogP contribution >= 0.6 is 0 Å². The molecule has 0 saturated heterocycles. The van der Waals surface area contributed by atoms with Crippen molar-refractivity contribution in [3.8, 4) is 44.9 Å². The summed E-state index contributed by atoms with van der Waals surface area (Å²) < 4.78 is 6.36. The molecule has 0 aliphatic carbocycles. The highest BCUT2D eigenvalue weighted by molar-refractivity contribution is 6.04. The Morgan fingerprint density at radius 2 is 1.02 bits per heavy atom. The van der Waals surface area contributed by atoms with Crippen LogP contribution < -0.4 is 9.64 Å². The quantitative estimate of drug-likeness (QED) is 0.216. The van der Waals surface area contributed by atoms with Crippen LogP contribution in [0.2, 0.25) is 0 Å². The van der Waals surface area contributed by atoms with E-state index in [0.717, 1.165) is 45.3 Å². The van der Waals surface area contributed by atoms with Gasteiger partial charge in [0.2, 0.25) is 0 Å². The lowest BCUT2D eigenvalue weighted by Crippen LogP contribution is -2.11. The number of anilines is 3. The van der Waals surface area contributed by atoms with Gasteiger partial charge in [-0.15, -0.1) is 0 Å². The predicted molar refractivity (Wildman–Crippen MR) is 175 cm³/mol. The summed E-state index contributed by atoms with van der Waals surface area (Å²) in [7, 11) is 0. The topological polar surface area (TPSA) is 12.5 Å². The molecule has 1 heterocycles. The minimum absolute atomic E-state index is 0.892. The van der Waals surface area contributed by atoms with Gasteiger partial charge in [-0.05, 0) is 76.2 Å². The van der Waals surface area contributed by atoms with E-state index in [0.29, 0.717) is 0 Å². The summed E-state index contributed by atoms with van der Waals surface area (Å²) in [6.07, 6.45) is 0. The van der Waals surface area contributed by atoms with Crippen LogP contribution in [0.25, 0.3) is 44.2 Å². The summed E-state index contributed by atoms with van der Waals surface area (Å²) in [6, 6.07) is 57.9. The molecule has 42 heavy (non-hydrogen) atoms. The molecule has 2 nitrogen and oxygen atoms in total. The van der Waals surface area contributed by atoms with Gasteiger partial charge in [-0.1, -0.05) is 115 Å². The fourth-order valence-corrected chi connectivity index (χ4v) is 6.10. The van der Waals surface area contributed by atoms with Crippen LogP contribution in [0.15, 0.2) is 164 Å². The van der Waals surface area contributed by atoms with E-state index in [4.69, 9.17) is 4.74 Å². The molecule has 0 N–H and O–H groups in total. The van der Waals surface area contributed by atoms with E-state index in [-0.39, 0.29) is 0 Å². The van der Waals surface area contributed by atoms with Gasteiger partial charge in [-0.25, -0.2) is 0 Å². The lowest BCUT2D eigenvalue weighted by atomic mass is 9.92. The fraction of sp³-hybridized carbons (Fsp3) is 0. The first-order valence-corrected chi connectivity index (χ1v) is 14.3. The van der Waals surface area contributed by atoms with Crippen molar-refractivity contribution in [2.45, 2.75) is 0 Å². The number of hydrogen-bond donors (Lipinski definition) is 0. The van der Waals surface area contributed by atoms with Crippen molar-refractivity contribution in [3.05, 3.63) is 164 Å². The molecule has 1 aliphatic rings. The van der Waals surface area contributed by atoms with Crippen LogP contribution in [0.1, 0.15) is 0 Å². The first-order valence-electron chi connectivity index (χ1n) is 14.3. The maximum Gasteiger partial charge on any atom is 0.135 e. The molecule has 0 fully saturated rings. The summed E-state index contributed by atoms with van der Waals surface area (Å²) in [5.41, 5.74) is 10.4. The number of benzene rings is 7. The molecule has 7 aromatic rings. The Hall–Kier alpha value is -5.60. The van der Waals surface area contributed by atoms with E-state index in [1.165, 1.54) is 27.5 Å². The average Bonchev–Trinajstić information content (AvgIpc) is 3.06. The molecule has 7 aromatic carbocycles. The first-order chi connectivity index (χ1) is 20.8. The van der Waals surface area contributed by atoms with Crippen LogP contribution in [-0.4, -0.2) is 0 Å². The van der Waals surface area contributed by atoms with Gasteiger partial charge in [0.15, 0.2) is 0 Å². The predicted octanol–water partition coefficient (Wildman–Crippen LogP) is 11.4. The minimum atomic E-state index is 0.892. The second kappa shape index (κ2) is 10.1. The number of nitrogens with zero attached hydrogens (tertiary/aromatic N) is 1. The molecule has 0 spiro atoms. The standard InChI is InChI=1S/C40H27NO/c1-3-12-28(13-4-1)34-20-7-8-22-37(34)41(32-17-5-2-6-18-32)33-19-9-16-30(26-33)31-24-25-38-36(27-31)35-21-10-14-29-15-11-23-39(42-38)40(29)35/h1-27H. The highest BCUT2D eigenvalue weighted by Gasteiger charge is 2.21. The SMILES string of the molecule is c1ccc(-c2ccccc2N(c2ccccc2)c2cccc(-c3ccc4c(c3)-c3cccc5cccc(c35)O4)c2)cc1. The van der Waals surface area contributed by atoms with E-state index >= 15 is 0 Å². The zero-order valence-corrected chi connectivity index (χ0v) is 22.9. The Balaban J connectivity index is 1.27. The van der Waals surface area contributed by atoms with Crippen LogP contribution in [0.3, 0.4) is 0 Å². The molecule has 1 aliphatic heterocycles. The zero-order valence-electron chi connectivity index (χ0n) is 22.9. The third kappa shape index (κ3) is 4.13. The Morgan fingerprint density at radius 3 is 1.88 bits per heavy atom. The lowest BCUT2D eigenvalue weighted by Gasteiger charge is -2.28. The van der Waals surface area contributed by atoms with Gasteiger partial charge >= 0.3 is 0 Å². The highest BCUT2D eigenvalue weighted by atomic mass is 16.5. The molecule has 0 bridgehead atoms. The van der Waals surface area contributed by atoms with Gasteiger partial charge in [-0.3, -0.25) is 0 Å². The van der Waals surface area contributed by atoms with Gasteiger partial charge < -0.3 is 9.64 Å². The van der Waals surface area contributed by atoms with E-state index in [1.807, 2.05) is 0 Å². The molecule has 198 valence electrons. The van der Waals surface area contributed by atoms with Crippen molar-refractivity contribution in [1.29, 1.82) is 0 Å². The highest BCUT2D eigenvalue weighted by Crippen LogP contribution is 2.48. The van der Waals surface area contributed by atoms with Gasteiger partial charge in [-0.2, -0.15) is 0 Å². The van der Waals surface area contributed by atoms with Crippen molar-refractivity contribution < 1.29 is 4.74 Å². The van der Waals surface area contributed by atoms with Crippen LogP contribution in [0.5, 0.6) is 11.5 Å². The van der Waals surface area contributed by atoms with E-state index in [2.05, 4.69) is 169 Å². The Bertz CT molecular complexity index is 2060. The van der Waals surface area contributed by atoms with E-state index in [1.54, 1.807) is 0 Å². The zero-order chi connectivity index (χ0) is 27.9. The Labute approximate surface area is 245 Å². The summed E-state index contributed by atoms with van der Waals surface area (Å²) in [5, 5.41) is 2.37. The second-order valence-corrected chi connectivity index (χ2v) is 10.6. The summed E-state index contributed by atoms with van der Waals surface area (Å²) >= 11 is 0. The molecule has 8 rings (SSSR count). The maximum atomic E-state index is 6.36. The Kier molecular flexibility index (Phi) is 5.82. The number of para-hydroxylation sites is 2. The Morgan fingerprint density at radius 1 is 0.381 bits per heavy atom. The normalized spacial score (nSPS) is 11.5. The van der Waals surface area contributed by atoms with Gasteiger partial charge in [0, 0.05) is 27.9 Å². The van der Waals surface area contributed by atoms with Crippen LogP contribution in [0.4, 0.5) is 17.1 Å². The summed E-state index contributed by atoms with van der Waals surface area (Å²) in [6.45, 7) is 0. The number of ether oxygens (including phenoxy) is 1. The fourth-order valence-electron chi connectivity index (χ4n) is 6.10. The molecule has 0 radical (unpaired) electrons. The van der Waals surface area contributed by atoms with Crippen molar-refractivity contribution in [2.24, 2.45) is 0 Å². The van der Waals surface area contributed by atoms with Gasteiger partial charge in [0.05, 0.1) is 5.69 Å². The van der Waals surface area contributed by atoms with Crippen molar-refractivity contribution >= 4 is 27.8 Å². The number of hydrogen-bond acceptors (Lipinski definition) is 2. The van der Waals surface area contributed by atoms with Gasteiger partial charge in [0.1, 0.15) is 11.5 Å². The van der Waals surface area contributed by atoms with Gasteiger partial charge in [0.25, 0.3) is 0 Å². The minimum Gasteiger partial charge on any atom is -0.456 e. The number of fused-ring (bicyclic) bond motifs is 2. The molecule has 0 aromatic heterocycles. The molecule has 2 heteroatoms. The van der Waals surface area contributed by atoms with Crippen LogP contribution in [0, 0.1) is 0 Å². The van der Waals surface area contributed by atoms with E-state index in [9.17, 15) is 0 Å². The third-order valence-corrected chi connectivity index (χ3v) is 8.04. The van der Waals surface area contributed by atoms with Crippen molar-refractivity contribution in [3.63, 3.8) is 0 Å². The molecule has 0 atom stereocenters. The smallest absolute Gasteiger partial charge is 0.135 e. The summed E-state index contributed by atoms with van der Waals surface area (Å²) in [4.78, 5) is 2.35. The first kappa shape index (κ1) is 24.2. The number of rotatable bonds is 5. The second-order valence-electron chi connectivity index (χ2n) is 10.6. The molecular weight excluding hydrogens is 510 g/mol. The van der Waals surface area contributed by atoms with Crippen molar-refractivity contribution in [1.82, 2.24) is 0 Å². The largest absolute Gasteiger partial charge is 0.456 e. The molecular formula is C40H27NO. The van der Waals surface area contributed by atoms with Crippen LogP contribution in [-0.2, 0) is 0 Å². The third-order valence-electron chi connectivity index (χ3n) is 8.04.